The molecule has 1 radical (unpaired) electrons. The third-order valence-corrected chi connectivity index (χ3v) is 10.7. The Bertz CT molecular complexity index is 3200. The van der Waals surface area contributed by atoms with E-state index >= 15 is 0 Å². The zero-order valence-corrected chi connectivity index (χ0v) is 34.1. The zero-order valence-electron chi connectivity index (χ0n) is 34.7. The molecule has 0 amide bonds. The predicted molar refractivity (Wildman–Crippen MR) is 233 cm³/mol. The molecule has 11 rings (SSSR count). The number of benzene rings is 7. The molecule has 10 aromatic rings. The van der Waals surface area contributed by atoms with E-state index in [0.717, 1.165) is 72.8 Å². The molecule has 7 aromatic carbocycles. The van der Waals surface area contributed by atoms with Gasteiger partial charge in [-0.1, -0.05) is 132 Å². The Labute approximate surface area is 356 Å². The number of rotatable bonds is 3. The quantitative estimate of drug-likeness (QED) is 0.166. The maximum Gasteiger partial charge on any atom is 0.120 e. The number of para-hydroxylation sites is 2. The van der Waals surface area contributed by atoms with Crippen LogP contribution in [0.1, 0.15) is 20.8 Å². The number of hydrogen-bond donors (Lipinski definition) is 0. The standard InChI is InChI=1S/C41H27N2O.C12H10N.Ir/c1-25-13-11-14-26(2)38(25)43-39-33-21-8-6-18-30(33)28-16-4-3-15-27(28)29-17-5-7-20-32(29)37(39)42-41(43)35-23-12-22-34-31-19-9-10-24-36(31)44-40(34)35;1-10-7-8-12(13-9-10)11-5-3-2-4-6-11;/h3-22,24H,1-2H3;2-5,7-9H,1H3;/q2*-1;/i;1D3;. The summed E-state index contributed by atoms with van der Waals surface area (Å²) in [6.07, 6.45) is 1.39. The first-order valence-corrected chi connectivity index (χ1v) is 19.0. The number of imidazole rings is 1. The van der Waals surface area contributed by atoms with Gasteiger partial charge in [-0.05, 0) is 71.4 Å². The molecule has 1 aliphatic carbocycles. The Hall–Kier alpha value is -6.65. The van der Waals surface area contributed by atoms with E-state index in [2.05, 4.69) is 145 Å². The molecule has 5 heteroatoms. The van der Waals surface area contributed by atoms with Crippen LogP contribution in [0.2, 0.25) is 0 Å². The summed E-state index contributed by atoms with van der Waals surface area (Å²) in [6, 6.07) is 62.2. The summed E-state index contributed by atoms with van der Waals surface area (Å²) in [4.78, 5) is 9.71. The molecule has 0 saturated carbocycles. The van der Waals surface area contributed by atoms with Crippen molar-refractivity contribution in [3.8, 4) is 73.1 Å². The Kier molecular flexibility index (Phi) is 8.87. The maximum absolute atomic E-state index is 7.23. The molecule has 0 atom stereocenters. The average Bonchev–Trinajstić information content (AvgIpc) is 3.85. The molecule has 0 fully saturated rings. The van der Waals surface area contributed by atoms with Gasteiger partial charge in [0.15, 0.2) is 0 Å². The first-order valence-electron chi connectivity index (χ1n) is 20.5. The van der Waals surface area contributed by atoms with E-state index in [-0.39, 0.29) is 25.7 Å². The summed E-state index contributed by atoms with van der Waals surface area (Å²) in [6.45, 7) is 2.27. The number of furan rings is 1. The summed E-state index contributed by atoms with van der Waals surface area (Å²) >= 11 is 0. The summed E-state index contributed by atoms with van der Waals surface area (Å²) in [7, 11) is 0. The Balaban J connectivity index is 0.000000237. The van der Waals surface area contributed by atoms with Crippen molar-refractivity contribution in [3.63, 3.8) is 0 Å². The third kappa shape index (κ3) is 6.30. The molecule has 0 aliphatic heterocycles. The van der Waals surface area contributed by atoms with Crippen LogP contribution >= 0.6 is 0 Å². The van der Waals surface area contributed by atoms with Crippen molar-refractivity contribution >= 4 is 21.9 Å². The van der Waals surface area contributed by atoms with Crippen molar-refractivity contribution in [2.24, 2.45) is 0 Å². The number of fused-ring (bicyclic) bond motifs is 11. The summed E-state index contributed by atoms with van der Waals surface area (Å²) < 4.78 is 30.6. The first-order chi connectivity index (χ1) is 29.3. The monoisotopic (exact) mass is 927 g/mol. The second-order valence-electron chi connectivity index (χ2n) is 14.2. The Morgan fingerprint density at radius 3 is 1.90 bits per heavy atom. The van der Waals surface area contributed by atoms with Gasteiger partial charge in [-0.25, -0.2) is 0 Å². The number of aryl methyl sites for hydroxylation is 3. The smallest absolute Gasteiger partial charge is 0.120 e. The minimum atomic E-state index is -2.09. The van der Waals surface area contributed by atoms with Gasteiger partial charge in [-0.3, -0.25) is 4.98 Å². The molecule has 3 aromatic heterocycles. The molecule has 0 saturated heterocycles. The van der Waals surface area contributed by atoms with Gasteiger partial charge < -0.3 is 14.0 Å². The molecule has 0 N–H and O–H groups in total. The van der Waals surface area contributed by atoms with E-state index in [4.69, 9.17) is 13.5 Å². The number of pyridine rings is 1. The van der Waals surface area contributed by atoms with Crippen LogP contribution in [0, 0.1) is 32.8 Å². The molecule has 3 heterocycles. The second kappa shape index (κ2) is 15.4. The van der Waals surface area contributed by atoms with Crippen molar-refractivity contribution in [2.75, 3.05) is 0 Å². The predicted octanol–water partition coefficient (Wildman–Crippen LogP) is 13.7. The molecule has 0 bridgehead atoms. The maximum atomic E-state index is 7.23. The van der Waals surface area contributed by atoms with Crippen LogP contribution in [0.3, 0.4) is 0 Å². The van der Waals surface area contributed by atoms with Crippen LogP contribution in [0.15, 0.2) is 174 Å². The van der Waals surface area contributed by atoms with E-state index in [1.807, 2.05) is 36.4 Å². The van der Waals surface area contributed by atoms with Gasteiger partial charge in [0, 0.05) is 52.6 Å². The second-order valence-corrected chi connectivity index (χ2v) is 14.2. The van der Waals surface area contributed by atoms with Gasteiger partial charge in [0.2, 0.25) is 0 Å². The summed E-state index contributed by atoms with van der Waals surface area (Å²) in [5.41, 5.74) is 16.9. The van der Waals surface area contributed by atoms with Crippen LogP contribution in [0.5, 0.6) is 0 Å². The minimum absolute atomic E-state index is 0. The van der Waals surface area contributed by atoms with Crippen molar-refractivity contribution in [1.29, 1.82) is 0 Å². The summed E-state index contributed by atoms with van der Waals surface area (Å²) in [5, 5.41) is 2.15. The van der Waals surface area contributed by atoms with Crippen molar-refractivity contribution in [3.05, 3.63) is 199 Å². The van der Waals surface area contributed by atoms with E-state index < -0.39 is 6.85 Å². The van der Waals surface area contributed by atoms with Crippen LogP contribution in [0.25, 0.3) is 95.0 Å². The molecule has 0 spiro atoms. The molecule has 4 nitrogen and oxygen atoms in total. The van der Waals surface area contributed by atoms with Crippen LogP contribution in [-0.4, -0.2) is 14.5 Å². The molecule has 58 heavy (non-hydrogen) atoms. The van der Waals surface area contributed by atoms with Crippen molar-refractivity contribution < 1.29 is 28.6 Å². The molecule has 281 valence electrons. The van der Waals surface area contributed by atoms with Gasteiger partial charge in [-0.15, -0.1) is 54.1 Å². The number of hydrogen-bond acceptors (Lipinski definition) is 3. The fourth-order valence-electron chi connectivity index (χ4n) is 8.16. The van der Waals surface area contributed by atoms with Crippen LogP contribution in [0.4, 0.5) is 0 Å². The van der Waals surface area contributed by atoms with Crippen molar-refractivity contribution in [1.82, 2.24) is 14.5 Å². The third-order valence-electron chi connectivity index (χ3n) is 10.7. The SMILES string of the molecule is Cc1cccc(C)c1-n1c(-c2[c-]ccc3c2oc2ccccc23)nc2c1-c1ccccc1-c1ccccc1-c1ccccc1-2.[2H]C([2H])([2H])c1ccc(-c2[c-]cccc2)nc1.[Ir]. The molecule has 0 unspecified atom stereocenters. The van der Waals surface area contributed by atoms with Crippen LogP contribution in [-0.2, 0) is 20.1 Å². The normalized spacial score (nSPS) is 12.2. The number of aromatic nitrogens is 3. The Morgan fingerprint density at radius 1 is 0.586 bits per heavy atom. The number of nitrogens with zero attached hydrogens (tertiary/aromatic N) is 3. The molecular formula is C53H37IrN3O-2. The van der Waals surface area contributed by atoms with Gasteiger partial charge in [-0.2, -0.15) is 0 Å². The van der Waals surface area contributed by atoms with E-state index in [9.17, 15) is 0 Å². The topological polar surface area (TPSA) is 43.9 Å². The van der Waals surface area contributed by atoms with Gasteiger partial charge in [0.1, 0.15) is 5.58 Å². The Morgan fingerprint density at radius 2 is 1.22 bits per heavy atom. The molecule has 1 aliphatic rings. The average molecular weight is 927 g/mol. The fourth-order valence-corrected chi connectivity index (χ4v) is 8.16. The van der Waals surface area contributed by atoms with E-state index in [1.54, 1.807) is 18.2 Å². The van der Waals surface area contributed by atoms with Gasteiger partial charge in [0.05, 0.1) is 22.8 Å². The summed E-state index contributed by atoms with van der Waals surface area (Å²) in [5.74, 6) is 0.813. The van der Waals surface area contributed by atoms with Gasteiger partial charge in [0.25, 0.3) is 0 Å². The first kappa shape index (κ1) is 33.5. The molecular weight excluding hydrogens is 887 g/mol. The van der Waals surface area contributed by atoms with E-state index in [1.165, 1.54) is 39.6 Å². The van der Waals surface area contributed by atoms with Crippen LogP contribution < -0.4 is 0 Å². The zero-order chi connectivity index (χ0) is 41.0. The van der Waals surface area contributed by atoms with Gasteiger partial charge >= 0.3 is 0 Å². The largest absolute Gasteiger partial charge is 0.501 e. The minimum Gasteiger partial charge on any atom is -0.501 e. The van der Waals surface area contributed by atoms with E-state index in [0.29, 0.717) is 0 Å². The van der Waals surface area contributed by atoms with Crippen molar-refractivity contribution in [2.45, 2.75) is 20.7 Å². The fraction of sp³-hybridized carbons (Fsp3) is 0.0566.